The Kier molecular flexibility index (Phi) is 5.71. The van der Waals surface area contributed by atoms with Crippen LogP contribution in [-0.4, -0.2) is 29.8 Å². The first-order chi connectivity index (χ1) is 12.4. The average molecular weight is 374 g/mol. The summed E-state index contributed by atoms with van der Waals surface area (Å²) in [5.74, 6) is -0.325. The Morgan fingerprint density at radius 1 is 1.19 bits per heavy atom. The lowest BCUT2D eigenvalue weighted by Gasteiger charge is -2.31. The van der Waals surface area contributed by atoms with E-state index in [9.17, 15) is 14.0 Å². The third-order valence-corrected chi connectivity index (χ3v) is 5.80. The van der Waals surface area contributed by atoms with Gasteiger partial charge in [0.2, 0.25) is 5.91 Å². The smallest absolute Gasteiger partial charge is 0.263 e. The van der Waals surface area contributed by atoms with Crippen LogP contribution in [0.5, 0.6) is 0 Å². The average Bonchev–Trinajstić information content (AvgIpc) is 3.08. The van der Waals surface area contributed by atoms with Gasteiger partial charge >= 0.3 is 0 Å². The van der Waals surface area contributed by atoms with Crippen molar-refractivity contribution in [1.29, 1.82) is 0 Å². The molecule has 2 aromatic rings. The molecular weight excluding hydrogens is 351 g/mol. The van der Waals surface area contributed by atoms with Gasteiger partial charge in [-0.25, -0.2) is 4.39 Å². The van der Waals surface area contributed by atoms with Crippen LogP contribution in [0.15, 0.2) is 30.3 Å². The minimum atomic E-state index is -0.257. The van der Waals surface area contributed by atoms with Crippen molar-refractivity contribution < 1.29 is 14.0 Å². The summed E-state index contributed by atoms with van der Waals surface area (Å²) < 4.78 is 13.6. The number of rotatable bonds is 4. The highest BCUT2D eigenvalue weighted by molar-refractivity contribution is 7.13. The van der Waals surface area contributed by atoms with E-state index in [4.69, 9.17) is 0 Å². The van der Waals surface area contributed by atoms with Crippen molar-refractivity contribution in [2.75, 3.05) is 13.1 Å². The number of halogens is 1. The maximum Gasteiger partial charge on any atom is 0.263 e. The molecule has 1 aliphatic rings. The second-order valence-corrected chi connectivity index (χ2v) is 8.07. The van der Waals surface area contributed by atoms with E-state index >= 15 is 0 Å². The second-order valence-electron chi connectivity index (χ2n) is 6.78. The number of hydrogen-bond donors (Lipinski definition) is 1. The van der Waals surface area contributed by atoms with Crippen LogP contribution in [0.2, 0.25) is 0 Å². The molecule has 6 heteroatoms. The van der Waals surface area contributed by atoms with Crippen LogP contribution in [0.1, 0.15) is 38.5 Å². The first kappa shape index (κ1) is 18.6. The first-order valence-corrected chi connectivity index (χ1v) is 9.64. The molecule has 1 aromatic carbocycles. The van der Waals surface area contributed by atoms with Crippen molar-refractivity contribution in [1.82, 2.24) is 10.2 Å². The number of amides is 2. The molecule has 2 amide bonds. The summed E-state index contributed by atoms with van der Waals surface area (Å²) in [7, 11) is 0. The normalized spacial score (nSPS) is 15.1. The Hall–Kier alpha value is -2.21. The molecule has 1 aliphatic heterocycles. The Bertz CT molecular complexity index is 810. The molecular formula is C20H23FN2O2S. The fourth-order valence-corrected chi connectivity index (χ4v) is 3.97. The minimum Gasteiger partial charge on any atom is -0.352 e. The van der Waals surface area contributed by atoms with E-state index in [2.05, 4.69) is 5.32 Å². The molecule has 0 saturated carbocycles. The summed E-state index contributed by atoms with van der Waals surface area (Å²) in [6.45, 7) is 5.20. The van der Waals surface area contributed by atoms with Gasteiger partial charge in [0.05, 0.1) is 4.88 Å². The molecule has 3 rings (SSSR count). The quantitative estimate of drug-likeness (QED) is 0.888. The van der Waals surface area contributed by atoms with E-state index in [1.54, 1.807) is 13.0 Å². The Morgan fingerprint density at radius 2 is 1.92 bits per heavy atom. The van der Waals surface area contributed by atoms with Crippen LogP contribution in [-0.2, 0) is 11.3 Å². The van der Waals surface area contributed by atoms with E-state index in [0.29, 0.717) is 38.0 Å². The predicted octanol–water partition coefficient (Wildman–Crippen LogP) is 3.67. The zero-order valence-corrected chi connectivity index (χ0v) is 15.9. The summed E-state index contributed by atoms with van der Waals surface area (Å²) in [4.78, 5) is 28.5. The van der Waals surface area contributed by atoms with Gasteiger partial charge in [-0.05, 0) is 56.0 Å². The lowest BCUT2D eigenvalue weighted by atomic mass is 9.95. The summed E-state index contributed by atoms with van der Waals surface area (Å²) in [6, 6.07) is 8.81. The van der Waals surface area contributed by atoms with Crippen molar-refractivity contribution in [3.05, 3.63) is 57.0 Å². The molecule has 0 bridgehead atoms. The number of carbonyl (C=O) groups excluding carboxylic acids is 2. The summed E-state index contributed by atoms with van der Waals surface area (Å²) in [5, 5.41) is 2.89. The van der Waals surface area contributed by atoms with Crippen molar-refractivity contribution in [2.24, 2.45) is 5.92 Å². The van der Waals surface area contributed by atoms with Crippen molar-refractivity contribution >= 4 is 23.2 Å². The van der Waals surface area contributed by atoms with Crippen LogP contribution in [0.3, 0.4) is 0 Å². The molecule has 0 aliphatic carbocycles. The van der Waals surface area contributed by atoms with Crippen LogP contribution >= 0.6 is 11.3 Å². The standard InChI is InChI=1S/C20H23FN2O2S/c1-13-3-5-15(11-17(13)21)12-22-19(24)16-7-9-23(10-8-16)20(25)18-6-4-14(2)26-18/h3-6,11,16H,7-10,12H2,1-2H3,(H,22,24). The van der Waals surface area contributed by atoms with Crippen molar-refractivity contribution in [2.45, 2.75) is 33.2 Å². The van der Waals surface area contributed by atoms with E-state index < -0.39 is 0 Å². The molecule has 1 saturated heterocycles. The lowest BCUT2D eigenvalue weighted by molar-refractivity contribution is -0.126. The monoisotopic (exact) mass is 374 g/mol. The van der Waals surface area contributed by atoms with Gasteiger partial charge in [0.25, 0.3) is 5.91 Å². The first-order valence-electron chi connectivity index (χ1n) is 8.82. The number of nitrogens with zero attached hydrogens (tertiary/aromatic N) is 1. The highest BCUT2D eigenvalue weighted by atomic mass is 32.1. The molecule has 0 atom stereocenters. The van der Waals surface area contributed by atoms with E-state index in [1.807, 2.05) is 30.0 Å². The van der Waals surface area contributed by atoms with Crippen LogP contribution in [0.25, 0.3) is 0 Å². The third-order valence-electron chi connectivity index (χ3n) is 4.81. The number of thiophene rings is 1. The van der Waals surface area contributed by atoms with Gasteiger partial charge in [-0.2, -0.15) is 0 Å². The maximum atomic E-state index is 13.6. The second kappa shape index (κ2) is 7.99. The SMILES string of the molecule is Cc1ccc(C(=O)N2CCC(C(=O)NCc3ccc(C)c(F)c3)CC2)s1. The maximum absolute atomic E-state index is 13.6. The number of likely N-dealkylation sites (tertiary alicyclic amines) is 1. The Morgan fingerprint density at radius 3 is 2.54 bits per heavy atom. The van der Waals surface area contributed by atoms with Gasteiger partial charge in [0.15, 0.2) is 0 Å². The third kappa shape index (κ3) is 4.30. The summed E-state index contributed by atoms with van der Waals surface area (Å²) in [6.07, 6.45) is 1.31. The molecule has 4 nitrogen and oxygen atoms in total. The highest BCUT2D eigenvalue weighted by Crippen LogP contribution is 2.22. The van der Waals surface area contributed by atoms with Crippen molar-refractivity contribution in [3.63, 3.8) is 0 Å². The topological polar surface area (TPSA) is 49.4 Å². The van der Waals surface area contributed by atoms with E-state index in [-0.39, 0.29) is 23.5 Å². The van der Waals surface area contributed by atoms with Gasteiger partial charge in [0, 0.05) is 30.4 Å². The van der Waals surface area contributed by atoms with Gasteiger partial charge in [-0.1, -0.05) is 12.1 Å². The number of hydrogen-bond acceptors (Lipinski definition) is 3. The number of piperidine rings is 1. The molecule has 138 valence electrons. The zero-order chi connectivity index (χ0) is 18.7. The number of carbonyl (C=O) groups is 2. The van der Waals surface area contributed by atoms with Gasteiger partial charge < -0.3 is 10.2 Å². The van der Waals surface area contributed by atoms with Crippen molar-refractivity contribution in [3.8, 4) is 0 Å². The van der Waals surface area contributed by atoms with Gasteiger partial charge in [-0.3, -0.25) is 9.59 Å². The molecule has 26 heavy (non-hydrogen) atoms. The van der Waals surface area contributed by atoms with Crippen LogP contribution in [0, 0.1) is 25.6 Å². The Labute approximate surface area is 157 Å². The predicted molar refractivity (Wildman–Crippen MR) is 101 cm³/mol. The highest BCUT2D eigenvalue weighted by Gasteiger charge is 2.28. The summed E-state index contributed by atoms with van der Waals surface area (Å²) >= 11 is 1.50. The molecule has 1 N–H and O–H groups in total. The lowest BCUT2D eigenvalue weighted by Crippen LogP contribution is -2.42. The molecule has 1 fully saturated rings. The fourth-order valence-electron chi connectivity index (χ4n) is 3.13. The Balaban J connectivity index is 1.48. The van der Waals surface area contributed by atoms with E-state index in [1.165, 1.54) is 17.4 Å². The molecule has 0 unspecified atom stereocenters. The van der Waals surface area contributed by atoms with Crippen LogP contribution in [0.4, 0.5) is 4.39 Å². The van der Waals surface area contributed by atoms with Crippen LogP contribution < -0.4 is 5.32 Å². The minimum absolute atomic E-state index is 0.0231. The molecule has 0 spiro atoms. The number of aryl methyl sites for hydroxylation is 2. The molecule has 2 heterocycles. The molecule has 1 aromatic heterocycles. The largest absolute Gasteiger partial charge is 0.352 e. The van der Waals surface area contributed by atoms with E-state index in [0.717, 1.165) is 15.3 Å². The van der Waals surface area contributed by atoms with Gasteiger partial charge in [-0.15, -0.1) is 11.3 Å². The summed E-state index contributed by atoms with van der Waals surface area (Å²) in [5.41, 5.74) is 1.35. The number of nitrogens with one attached hydrogen (secondary N) is 1. The number of benzene rings is 1. The fraction of sp³-hybridized carbons (Fsp3) is 0.400. The van der Waals surface area contributed by atoms with Gasteiger partial charge in [0.1, 0.15) is 5.82 Å². The molecule has 0 radical (unpaired) electrons. The zero-order valence-electron chi connectivity index (χ0n) is 15.0.